The smallest absolute Gasteiger partial charge is 0.306 e. The Kier molecular flexibility index (Phi) is 44.1. The molecule has 0 radical (unpaired) electrons. The van der Waals surface area contributed by atoms with Gasteiger partial charge in [-0.05, 0) is 83.5 Å². The fourth-order valence-electron chi connectivity index (χ4n) is 6.07. The second-order valence-electron chi connectivity index (χ2n) is 15.4. The second kappa shape index (κ2) is 47.0. The molecular weight excluding hydrogens is 733 g/mol. The van der Waals surface area contributed by atoms with Gasteiger partial charge in [0, 0.05) is 19.3 Å². The topological polar surface area (TPSA) is 78.9 Å². The first-order valence-corrected chi connectivity index (χ1v) is 23.8. The number of allylic oxidation sites excluding steroid dienone is 16. The van der Waals surface area contributed by atoms with Crippen molar-refractivity contribution in [3.63, 3.8) is 0 Å². The van der Waals surface area contributed by atoms with Gasteiger partial charge in [0.15, 0.2) is 6.10 Å². The van der Waals surface area contributed by atoms with Crippen molar-refractivity contribution in [1.82, 2.24) is 0 Å². The van der Waals surface area contributed by atoms with Gasteiger partial charge in [-0.25, -0.2) is 0 Å². The van der Waals surface area contributed by atoms with Crippen molar-refractivity contribution >= 4 is 17.9 Å². The Bertz CT molecular complexity index is 1220. The fraction of sp³-hybridized carbons (Fsp3) is 0.642. The Hall–Kier alpha value is -3.67. The number of hydrogen-bond donors (Lipinski definition) is 0. The van der Waals surface area contributed by atoms with Crippen molar-refractivity contribution in [2.45, 2.75) is 207 Å². The van der Waals surface area contributed by atoms with Gasteiger partial charge in [0.25, 0.3) is 0 Å². The van der Waals surface area contributed by atoms with Gasteiger partial charge in [-0.3, -0.25) is 14.4 Å². The highest BCUT2D eigenvalue weighted by atomic mass is 16.6. The normalized spacial score (nSPS) is 12.9. The molecule has 1 unspecified atom stereocenters. The molecule has 0 amide bonds. The van der Waals surface area contributed by atoms with Crippen molar-refractivity contribution in [1.29, 1.82) is 0 Å². The molecule has 0 aromatic rings. The molecule has 334 valence electrons. The number of carbonyl (C=O) groups is 3. The van der Waals surface area contributed by atoms with E-state index in [2.05, 4.69) is 93.7 Å². The third-order valence-electron chi connectivity index (χ3n) is 9.69. The number of carbonyl (C=O) groups excluding carboxylic acids is 3. The number of hydrogen-bond acceptors (Lipinski definition) is 6. The average molecular weight is 819 g/mol. The number of unbranched alkanes of at least 4 members (excludes halogenated alkanes) is 19. The van der Waals surface area contributed by atoms with Crippen LogP contribution >= 0.6 is 0 Å². The summed E-state index contributed by atoms with van der Waals surface area (Å²) in [5, 5.41) is 0. The Balaban J connectivity index is 4.49. The Morgan fingerprint density at radius 2 is 0.678 bits per heavy atom. The lowest BCUT2D eigenvalue weighted by atomic mass is 10.1. The van der Waals surface area contributed by atoms with E-state index in [1.54, 1.807) is 0 Å². The summed E-state index contributed by atoms with van der Waals surface area (Å²) in [6.07, 6.45) is 61.0. The van der Waals surface area contributed by atoms with Crippen molar-refractivity contribution in [3.05, 3.63) is 97.2 Å². The van der Waals surface area contributed by atoms with E-state index >= 15 is 0 Å². The van der Waals surface area contributed by atoms with Gasteiger partial charge >= 0.3 is 17.9 Å². The molecule has 0 aromatic carbocycles. The van der Waals surface area contributed by atoms with Crippen LogP contribution in [0.5, 0.6) is 0 Å². The molecule has 0 rings (SSSR count). The average Bonchev–Trinajstić information content (AvgIpc) is 3.23. The van der Waals surface area contributed by atoms with Crippen LogP contribution < -0.4 is 0 Å². The van der Waals surface area contributed by atoms with Crippen molar-refractivity contribution < 1.29 is 28.6 Å². The lowest BCUT2D eigenvalue weighted by Crippen LogP contribution is -2.30. The van der Waals surface area contributed by atoms with Crippen molar-refractivity contribution in [3.8, 4) is 0 Å². The molecule has 0 aromatic heterocycles. The number of ether oxygens (including phenoxy) is 3. The zero-order valence-electron chi connectivity index (χ0n) is 38.0. The summed E-state index contributed by atoms with van der Waals surface area (Å²) in [6.45, 7) is 6.34. The van der Waals surface area contributed by atoms with E-state index in [-0.39, 0.29) is 31.1 Å². The molecule has 0 heterocycles. The van der Waals surface area contributed by atoms with Crippen LogP contribution in [0.25, 0.3) is 0 Å². The molecule has 0 aliphatic carbocycles. The van der Waals surface area contributed by atoms with Gasteiger partial charge in [-0.2, -0.15) is 0 Å². The van der Waals surface area contributed by atoms with Gasteiger partial charge in [0.05, 0.1) is 0 Å². The van der Waals surface area contributed by atoms with Gasteiger partial charge in [-0.15, -0.1) is 0 Å². The van der Waals surface area contributed by atoms with Gasteiger partial charge < -0.3 is 14.2 Å². The first-order valence-electron chi connectivity index (χ1n) is 23.8. The molecule has 6 heteroatoms. The lowest BCUT2D eigenvalue weighted by molar-refractivity contribution is -0.167. The quantitative estimate of drug-likeness (QED) is 0.0265. The minimum atomic E-state index is -0.804. The summed E-state index contributed by atoms with van der Waals surface area (Å²) in [6, 6.07) is 0. The van der Waals surface area contributed by atoms with E-state index in [1.165, 1.54) is 51.4 Å². The van der Waals surface area contributed by atoms with Gasteiger partial charge in [0.2, 0.25) is 0 Å². The van der Waals surface area contributed by atoms with Crippen LogP contribution in [0.3, 0.4) is 0 Å². The molecule has 59 heavy (non-hydrogen) atoms. The molecule has 0 N–H and O–H groups in total. The summed E-state index contributed by atoms with van der Waals surface area (Å²) in [5.41, 5.74) is 0. The molecule has 0 fully saturated rings. The van der Waals surface area contributed by atoms with Gasteiger partial charge in [-0.1, -0.05) is 195 Å². The summed E-state index contributed by atoms with van der Waals surface area (Å²) in [5.74, 6) is -0.974. The number of esters is 3. The molecule has 0 aliphatic heterocycles. The van der Waals surface area contributed by atoms with Crippen LogP contribution in [-0.4, -0.2) is 37.2 Å². The largest absolute Gasteiger partial charge is 0.462 e. The molecule has 0 spiro atoms. The highest BCUT2D eigenvalue weighted by molar-refractivity contribution is 5.71. The maximum absolute atomic E-state index is 12.8. The zero-order chi connectivity index (χ0) is 43.0. The van der Waals surface area contributed by atoms with Crippen LogP contribution in [0, 0.1) is 0 Å². The van der Waals surface area contributed by atoms with Crippen LogP contribution in [0.2, 0.25) is 0 Å². The van der Waals surface area contributed by atoms with E-state index in [0.29, 0.717) is 19.3 Å². The summed E-state index contributed by atoms with van der Waals surface area (Å²) in [4.78, 5) is 37.8. The Morgan fingerprint density at radius 3 is 1.12 bits per heavy atom. The first-order chi connectivity index (χ1) is 29.0. The Labute approximate surface area is 362 Å². The van der Waals surface area contributed by atoms with Gasteiger partial charge in [0.1, 0.15) is 13.2 Å². The predicted octanol–water partition coefficient (Wildman–Crippen LogP) is 15.4. The van der Waals surface area contributed by atoms with E-state index in [4.69, 9.17) is 14.2 Å². The maximum Gasteiger partial charge on any atom is 0.306 e. The molecule has 0 bridgehead atoms. The van der Waals surface area contributed by atoms with Crippen LogP contribution in [0.4, 0.5) is 0 Å². The number of rotatable bonds is 41. The van der Waals surface area contributed by atoms with Crippen molar-refractivity contribution in [2.24, 2.45) is 0 Å². The molecule has 1 atom stereocenters. The Morgan fingerprint density at radius 1 is 0.356 bits per heavy atom. The molecular formula is C53H86O6. The van der Waals surface area contributed by atoms with E-state index < -0.39 is 6.10 Å². The molecule has 0 saturated carbocycles. The molecule has 0 saturated heterocycles. The van der Waals surface area contributed by atoms with E-state index in [9.17, 15) is 14.4 Å². The van der Waals surface area contributed by atoms with Crippen molar-refractivity contribution in [2.75, 3.05) is 13.2 Å². The van der Waals surface area contributed by atoms with Crippen LogP contribution in [0.1, 0.15) is 201 Å². The first kappa shape index (κ1) is 55.3. The second-order valence-corrected chi connectivity index (χ2v) is 15.4. The standard InChI is InChI=1S/C53H86O6/c1-4-7-10-13-16-19-22-24-26-28-31-34-37-40-43-46-52(55)58-49-50(48-57-51(54)45-42-39-36-33-30-21-18-15-12-9-6-3)59-53(56)47-44-41-38-35-32-29-27-25-23-20-17-14-11-8-5-2/h7,10,13,15-26,30,50H,4-6,8-9,11-12,14,27-29,31-49H2,1-3H3/b10-7-,16-13-,18-15-,20-17-,22-19-,25-23-,26-24-,30-21-. The maximum atomic E-state index is 12.8. The summed E-state index contributed by atoms with van der Waals surface area (Å²) < 4.78 is 16.7. The van der Waals surface area contributed by atoms with Crippen LogP contribution in [-0.2, 0) is 28.6 Å². The van der Waals surface area contributed by atoms with E-state index in [0.717, 1.165) is 109 Å². The highest BCUT2D eigenvalue weighted by Gasteiger charge is 2.19. The lowest BCUT2D eigenvalue weighted by Gasteiger charge is -2.18. The predicted molar refractivity (Wildman–Crippen MR) is 251 cm³/mol. The summed E-state index contributed by atoms with van der Waals surface area (Å²) >= 11 is 0. The molecule has 6 nitrogen and oxygen atoms in total. The summed E-state index contributed by atoms with van der Waals surface area (Å²) in [7, 11) is 0. The van der Waals surface area contributed by atoms with E-state index in [1.807, 2.05) is 24.3 Å². The van der Waals surface area contributed by atoms with Crippen LogP contribution in [0.15, 0.2) is 97.2 Å². The SMILES string of the molecule is CC\C=C/C=C\C=C/C=C\CCCCCCCC(=O)OCC(COC(=O)CCCCC/C=C\C=C/CCCC)OC(=O)CCCCCCCC/C=C\C=C/CCCCC. The molecule has 0 aliphatic rings. The zero-order valence-corrected chi connectivity index (χ0v) is 38.0. The minimum Gasteiger partial charge on any atom is -0.462 e. The monoisotopic (exact) mass is 819 g/mol. The highest BCUT2D eigenvalue weighted by Crippen LogP contribution is 2.13. The third-order valence-corrected chi connectivity index (χ3v) is 9.69. The fourth-order valence-corrected chi connectivity index (χ4v) is 6.07. The minimum absolute atomic E-state index is 0.105. The third kappa shape index (κ3) is 45.3.